The Bertz CT molecular complexity index is 2460. The molecule has 0 saturated heterocycles. The normalized spacial score (nSPS) is 12.6. The number of hydrogen-bond acceptors (Lipinski definition) is 17. The average molecular weight is 1140 g/mol. The largest absolute Gasteiger partial charge is 0.491 e. The van der Waals surface area contributed by atoms with Crippen LogP contribution < -0.4 is 25.0 Å². The lowest BCUT2D eigenvalue weighted by Crippen LogP contribution is -2.45. The third-order valence-corrected chi connectivity index (χ3v) is 11.5. The molecule has 0 saturated carbocycles. The second-order valence-electron chi connectivity index (χ2n) is 20.7. The van der Waals surface area contributed by atoms with Crippen molar-refractivity contribution in [1.29, 1.82) is 0 Å². The maximum atomic E-state index is 13.6. The number of amides is 3. The van der Waals surface area contributed by atoms with E-state index in [1.807, 2.05) is 13.0 Å². The van der Waals surface area contributed by atoms with E-state index in [-0.39, 0.29) is 57.4 Å². The Morgan fingerprint density at radius 3 is 1.78 bits per heavy atom. The van der Waals surface area contributed by atoms with Crippen LogP contribution in [-0.2, 0) is 74.8 Å². The van der Waals surface area contributed by atoms with Crippen LogP contribution in [0, 0.1) is 6.92 Å². The summed E-state index contributed by atoms with van der Waals surface area (Å²) in [5.41, 5.74) is -2.27. The molecule has 79 heavy (non-hydrogen) atoms. The number of hydrogen-bond donors (Lipinski definition) is 3. The fourth-order valence-corrected chi connectivity index (χ4v) is 7.86. The van der Waals surface area contributed by atoms with Gasteiger partial charge in [0.25, 0.3) is 0 Å². The highest BCUT2D eigenvalue weighted by Crippen LogP contribution is 2.31. The number of carbonyl (C=O) groups excluding carboxylic acids is 4. The number of unbranched alkanes of at least 4 members (excludes halogenated alkanes) is 1. The molecule has 0 spiro atoms. The summed E-state index contributed by atoms with van der Waals surface area (Å²) < 4.78 is 125. The molecule has 3 rings (SSSR count). The van der Waals surface area contributed by atoms with Crippen molar-refractivity contribution in [2.75, 3.05) is 109 Å². The second-order valence-corrected chi connectivity index (χ2v) is 22.5. The van der Waals surface area contributed by atoms with E-state index in [0.717, 1.165) is 23.8 Å². The number of alkyl halides is 3. The van der Waals surface area contributed by atoms with Crippen LogP contribution in [0.15, 0.2) is 65.7 Å². The third kappa shape index (κ3) is 29.4. The zero-order valence-corrected chi connectivity index (χ0v) is 47.9. The molecule has 0 radical (unpaired) electrons. The van der Waals surface area contributed by atoms with E-state index >= 15 is 0 Å². The van der Waals surface area contributed by atoms with E-state index in [4.69, 9.17) is 47.4 Å². The maximum absolute atomic E-state index is 13.6. The smallest absolute Gasteiger partial charge is 0.416 e. The summed E-state index contributed by atoms with van der Waals surface area (Å²) in [7, 11) is -4.73. The number of aryl methyl sites for hydroxylation is 1. The average Bonchev–Trinajstić information content (AvgIpc) is 3.36. The molecule has 21 nitrogen and oxygen atoms in total. The predicted octanol–water partition coefficient (Wildman–Crippen LogP) is 7.80. The van der Waals surface area contributed by atoms with Gasteiger partial charge in [-0.2, -0.15) is 17.9 Å². The van der Waals surface area contributed by atoms with E-state index in [1.54, 1.807) is 74.6 Å². The predicted molar refractivity (Wildman–Crippen MR) is 287 cm³/mol. The molecule has 1 aromatic heterocycles. The Balaban J connectivity index is 1.56. The summed E-state index contributed by atoms with van der Waals surface area (Å²) in [6, 6.07) is 9.56. The number of aromatic nitrogens is 1. The first-order valence-corrected chi connectivity index (χ1v) is 27.3. The lowest BCUT2D eigenvalue weighted by atomic mass is 10.0. The molecule has 3 aromatic rings. The molecular formula is C54H80F3N5O16S. The Morgan fingerprint density at radius 1 is 0.658 bits per heavy atom. The second kappa shape index (κ2) is 33.2. The lowest BCUT2D eigenvalue weighted by Gasteiger charge is -2.27. The summed E-state index contributed by atoms with van der Waals surface area (Å²) in [6.45, 7) is 20.7. The first-order chi connectivity index (χ1) is 37.0. The van der Waals surface area contributed by atoms with Gasteiger partial charge < -0.3 is 58.0 Å². The zero-order valence-electron chi connectivity index (χ0n) is 47.0. The fourth-order valence-electron chi connectivity index (χ4n) is 6.63. The summed E-state index contributed by atoms with van der Waals surface area (Å²) in [5, 5.41) is 5.35. The molecule has 3 amide bonds. The van der Waals surface area contributed by atoms with Crippen molar-refractivity contribution in [3.63, 3.8) is 0 Å². The highest BCUT2D eigenvalue weighted by atomic mass is 32.2. The van der Waals surface area contributed by atoms with Crippen LogP contribution >= 0.6 is 0 Å². The molecule has 444 valence electrons. The number of halogens is 3. The maximum Gasteiger partial charge on any atom is 0.416 e. The van der Waals surface area contributed by atoms with Crippen molar-refractivity contribution in [1.82, 2.24) is 15.0 Å². The molecule has 25 heteroatoms. The molecule has 0 bridgehead atoms. The van der Waals surface area contributed by atoms with Gasteiger partial charge in [0.2, 0.25) is 15.9 Å². The van der Waals surface area contributed by atoms with Crippen LogP contribution in [0.1, 0.15) is 91.8 Å². The summed E-state index contributed by atoms with van der Waals surface area (Å²) >= 11 is 0. The van der Waals surface area contributed by atoms with Gasteiger partial charge in [-0.05, 0) is 142 Å². The number of alkyl carbamates (subject to hydrolysis) is 1. The van der Waals surface area contributed by atoms with Crippen molar-refractivity contribution in [2.45, 2.75) is 122 Å². The molecule has 0 unspecified atom stereocenters. The van der Waals surface area contributed by atoms with Gasteiger partial charge in [-0.25, -0.2) is 23.0 Å². The number of ether oxygens (including phenoxy) is 10. The van der Waals surface area contributed by atoms with Crippen LogP contribution in [0.25, 0.3) is 0 Å². The summed E-state index contributed by atoms with van der Waals surface area (Å²) in [6.07, 6.45) is -3.80. The Hall–Kier alpha value is -5.67. The van der Waals surface area contributed by atoms with E-state index in [9.17, 15) is 40.8 Å². The van der Waals surface area contributed by atoms with Gasteiger partial charge in [-0.3, -0.25) is 14.5 Å². The van der Waals surface area contributed by atoms with Crippen LogP contribution in [0.4, 0.5) is 34.3 Å². The van der Waals surface area contributed by atoms with Crippen molar-refractivity contribution in [3.8, 4) is 5.75 Å². The van der Waals surface area contributed by atoms with Crippen LogP contribution in [0.2, 0.25) is 0 Å². The third-order valence-electron chi connectivity index (χ3n) is 10.1. The molecule has 3 N–H and O–H groups in total. The molecular weight excluding hydrogens is 1060 g/mol. The SMILES string of the molecule is Cc1ccnc(N(CCCCOc2ccc(C[C@H](NS(=O)(=O)c3cccc(C(F)(F)F)c3)C(=O)OC(C)(C)C)cc2NC(=O)COCCOCCOCCOCCOCCOCCNC(=O)OC(C)(C)C)C(=O)OC(C)(C)C)c1. The number of nitrogens with one attached hydrogen (secondary N) is 3. The summed E-state index contributed by atoms with van der Waals surface area (Å²) in [5.74, 6) is -0.984. The lowest BCUT2D eigenvalue weighted by molar-refractivity contribution is -0.157. The highest BCUT2D eigenvalue weighted by molar-refractivity contribution is 7.89. The number of anilines is 2. The monoisotopic (exact) mass is 1140 g/mol. The Labute approximate surface area is 462 Å². The minimum Gasteiger partial charge on any atom is -0.491 e. The van der Waals surface area contributed by atoms with Gasteiger partial charge in [0, 0.05) is 19.3 Å². The number of esters is 1. The van der Waals surface area contributed by atoms with E-state index in [1.165, 1.54) is 23.1 Å². The standard InChI is InChI=1S/C54H80F3N5O16S/c1-39-18-19-58-46(34-39)62(50(66)78-53(8,9)10)21-11-12-22-75-45-17-16-40(36-44(48(64)76-51(2,3)4)61-79(67,68)42-15-13-14-41(37-42)54(55,56)57)35-43(45)60-47(63)38-74-33-32-73-31-30-72-29-28-71-27-26-70-25-24-69-23-20-59-49(65)77-52(5,6)7/h13-19,34-35,37,44,61H,11-12,20-33,36,38H2,1-10H3,(H,59,65)(H,60,63)/t44-/m0/s1. The van der Waals surface area contributed by atoms with Gasteiger partial charge in [-0.15, -0.1) is 0 Å². The highest BCUT2D eigenvalue weighted by Gasteiger charge is 2.34. The molecule has 2 aromatic carbocycles. The van der Waals surface area contributed by atoms with E-state index < -0.39 is 80.2 Å². The quantitative estimate of drug-likeness (QED) is 0.0293. The van der Waals surface area contributed by atoms with Crippen LogP contribution in [-0.4, -0.2) is 159 Å². The number of pyridine rings is 1. The van der Waals surface area contributed by atoms with Gasteiger partial charge in [0.05, 0.1) is 95.4 Å². The molecule has 1 atom stereocenters. The molecule has 0 fully saturated rings. The molecule has 0 aliphatic heterocycles. The fraction of sp³-hybridized carbons (Fsp3) is 0.611. The number of carbonyl (C=O) groups is 4. The van der Waals surface area contributed by atoms with Gasteiger partial charge in [0.15, 0.2) is 0 Å². The van der Waals surface area contributed by atoms with E-state index in [0.29, 0.717) is 83.1 Å². The van der Waals surface area contributed by atoms with E-state index in [2.05, 4.69) is 20.3 Å². The molecule has 1 heterocycles. The van der Waals surface area contributed by atoms with Crippen LogP contribution in [0.5, 0.6) is 5.75 Å². The van der Waals surface area contributed by atoms with Crippen molar-refractivity contribution in [3.05, 3.63) is 77.5 Å². The number of sulfonamides is 1. The zero-order chi connectivity index (χ0) is 58.7. The van der Waals surface area contributed by atoms with Crippen molar-refractivity contribution < 1.29 is 88.1 Å². The minimum atomic E-state index is -4.84. The van der Waals surface area contributed by atoms with Crippen molar-refractivity contribution >= 4 is 45.6 Å². The van der Waals surface area contributed by atoms with Gasteiger partial charge in [-0.1, -0.05) is 12.1 Å². The van der Waals surface area contributed by atoms with Gasteiger partial charge >= 0.3 is 24.3 Å². The Kier molecular flexibility index (Phi) is 28.4. The Morgan fingerprint density at radius 2 is 1.23 bits per heavy atom. The number of nitrogens with zero attached hydrogens (tertiary/aromatic N) is 2. The van der Waals surface area contributed by atoms with Crippen LogP contribution in [0.3, 0.4) is 0 Å². The topological polar surface area (TPSA) is 247 Å². The molecule has 0 aliphatic carbocycles. The minimum absolute atomic E-state index is 0.0515. The number of benzene rings is 2. The molecule has 0 aliphatic rings. The first-order valence-electron chi connectivity index (χ1n) is 25.9. The number of rotatable bonds is 34. The van der Waals surface area contributed by atoms with Gasteiger partial charge in [0.1, 0.15) is 41.0 Å². The first kappa shape index (κ1) is 67.6. The summed E-state index contributed by atoms with van der Waals surface area (Å²) in [4.78, 5) is 56.8. The van der Waals surface area contributed by atoms with Crippen molar-refractivity contribution in [2.24, 2.45) is 0 Å².